The summed E-state index contributed by atoms with van der Waals surface area (Å²) in [7, 11) is 0. The highest BCUT2D eigenvalue weighted by atomic mass is 16.7. The molecule has 3 N–H and O–H groups in total. The van der Waals surface area contributed by atoms with Crippen molar-refractivity contribution in [2.24, 2.45) is 17.8 Å². The number of esters is 2. The van der Waals surface area contributed by atoms with E-state index in [1.54, 1.807) is 20.8 Å². The lowest BCUT2D eigenvalue weighted by atomic mass is 9.75. The lowest BCUT2D eigenvalue weighted by molar-refractivity contribution is -0.272. The molecule has 152 valence electrons. The molecular formula is C19H28O8. The van der Waals surface area contributed by atoms with Gasteiger partial charge >= 0.3 is 11.9 Å². The van der Waals surface area contributed by atoms with Crippen LogP contribution in [0.5, 0.6) is 0 Å². The fourth-order valence-electron chi connectivity index (χ4n) is 4.35. The first kappa shape index (κ1) is 20.3. The molecule has 3 fully saturated rings. The molecule has 0 spiro atoms. The minimum atomic E-state index is -1.92. The maximum atomic E-state index is 12.3. The standard InChI is InChI=1S/C19H28O8/c1-8(2)16(21)26-15-13-12(10(4)17(22)25-13)14(20)19(24)9(3)6-11(27-19)7-18(15,5)23/h8-9,11-15,20,23-24H,4,6-7H2,1-3,5H3/t9-,11+,12+,13+,14-,15-,18+,19-/m1/s1. The molecule has 3 aliphatic heterocycles. The molecule has 3 heterocycles. The molecule has 3 saturated heterocycles. The van der Waals surface area contributed by atoms with Crippen LogP contribution >= 0.6 is 0 Å². The number of ether oxygens (including phenoxy) is 3. The summed E-state index contributed by atoms with van der Waals surface area (Å²) >= 11 is 0. The molecule has 0 aromatic heterocycles. The number of hydrogen-bond acceptors (Lipinski definition) is 8. The minimum absolute atomic E-state index is 0.0374. The van der Waals surface area contributed by atoms with Crippen LogP contribution in [0.1, 0.15) is 40.5 Å². The first-order valence-electron chi connectivity index (χ1n) is 9.29. The number of aliphatic hydroxyl groups is 3. The Bertz CT molecular complexity index is 656. The molecule has 2 bridgehead atoms. The van der Waals surface area contributed by atoms with Crippen molar-refractivity contribution in [1.82, 2.24) is 0 Å². The first-order valence-corrected chi connectivity index (χ1v) is 9.29. The highest BCUT2D eigenvalue weighted by Crippen LogP contribution is 2.48. The van der Waals surface area contributed by atoms with Crippen LogP contribution in [-0.2, 0) is 23.8 Å². The molecule has 0 unspecified atom stereocenters. The van der Waals surface area contributed by atoms with E-state index < -0.39 is 65.5 Å². The van der Waals surface area contributed by atoms with Gasteiger partial charge in [0.1, 0.15) is 11.7 Å². The molecule has 0 radical (unpaired) electrons. The van der Waals surface area contributed by atoms with Gasteiger partial charge in [0.25, 0.3) is 0 Å². The van der Waals surface area contributed by atoms with Gasteiger partial charge in [-0.25, -0.2) is 4.79 Å². The van der Waals surface area contributed by atoms with E-state index in [4.69, 9.17) is 14.2 Å². The van der Waals surface area contributed by atoms with E-state index in [2.05, 4.69) is 6.58 Å². The smallest absolute Gasteiger partial charge is 0.334 e. The molecule has 0 saturated carbocycles. The zero-order valence-corrected chi connectivity index (χ0v) is 16.0. The van der Waals surface area contributed by atoms with E-state index in [9.17, 15) is 24.9 Å². The SMILES string of the molecule is C=C1C(=O)O[C@H]2[C@H]1[C@@H](O)[C@]1(O)O[C@@H](C[C@H]1C)C[C@](C)(O)[C@@H]2OC(=O)C(C)C. The van der Waals surface area contributed by atoms with Crippen molar-refractivity contribution in [2.75, 3.05) is 0 Å². The summed E-state index contributed by atoms with van der Waals surface area (Å²) in [6, 6.07) is 0. The van der Waals surface area contributed by atoms with Crippen LogP contribution < -0.4 is 0 Å². The Balaban J connectivity index is 2.08. The second kappa shape index (κ2) is 6.55. The Kier molecular flexibility index (Phi) is 4.91. The van der Waals surface area contributed by atoms with E-state index in [1.165, 1.54) is 6.92 Å². The number of carbonyl (C=O) groups is 2. The van der Waals surface area contributed by atoms with E-state index in [0.717, 1.165) is 0 Å². The monoisotopic (exact) mass is 384 g/mol. The predicted octanol–water partition coefficient (Wildman–Crippen LogP) is 0.281. The lowest BCUT2D eigenvalue weighted by Crippen LogP contribution is -2.57. The van der Waals surface area contributed by atoms with Gasteiger partial charge in [0.2, 0.25) is 0 Å². The Morgan fingerprint density at radius 3 is 2.59 bits per heavy atom. The van der Waals surface area contributed by atoms with Crippen LogP contribution in [0.25, 0.3) is 0 Å². The molecule has 3 rings (SSSR count). The summed E-state index contributed by atoms with van der Waals surface area (Å²) in [5.74, 6) is -5.24. The second-order valence-corrected chi connectivity index (χ2v) is 8.57. The van der Waals surface area contributed by atoms with Crippen LogP contribution in [0.3, 0.4) is 0 Å². The summed E-state index contributed by atoms with van der Waals surface area (Å²) < 4.78 is 16.6. The lowest BCUT2D eigenvalue weighted by Gasteiger charge is -2.40. The van der Waals surface area contributed by atoms with Crippen molar-refractivity contribution < 1.29 is 39.1 Å². The highest BCUT2D eigenvalue weighted by Gasteiger charge is 2.63. The fraction of sp³-hybridized carbons (Fsp3) is 0.789. The van der Waals surface area contributed by atoms with Gasteiger partial charge in [-0.1, -0.05) is 27.4 Å². The van der Waals surface area contributed by atoms with Gasteiger partial charge in [0, 0.05) is 17.9 Å². The minimum Gasteiger partial charge on any atom is -0.455 e. The average molecular weight is 384 g/mol. The molecule has 3 aliphatic rings. The van der Waals surface area contributed by atoms with Crippen molar-refractivity contribution >= 4 is 11.9 Å². The third kappa shape index (κ3) is 3.18. The summed E-state index contributed by atoms with van der Waals surface area (Å²) in [6.07, 6.45) is -4.08. The molecule has 0 aromatic rings. The topological polar surface area (TPSA) is 123 Å². The molecule has 0 amide bonds. The first-order chi connectivity index (χ1) is 12.4. The Hall–Kier alpha value is -1.48. The van der Waals surface area contributed by atoms with Crippen LogP contribution in [-0.4, -0.2) is 63.1 Å². The third-order valence-electron chi connectivity index (χ3n) is 5.97. The zero-order valence-electron chi connectivity index (χ0n) is 16.0. The van der Waals surface area contributed by atoms with Gasteiger partial charge in [0.15, 0.2) is 18.0 Å². The number of aliphatic hydroxyl groups excluding tert-OH is 1. The van der Waals surface area contributed by atoms with Gasteiger partial charge in [-0.05, 0) is 13.3 Å². The van der Waals surface area contributed by atoms with Crippen LogP contribution in [0, 0.1) is 17.8 Å². The molecular weight excluding hydrogens is 356 g/mol. The Labute approximate surface area is 158 Å². The average Bonchev–Trinajstić information content (AvgIpc) is 3.00. The van der Waals surface area contributed by atoms with Gasteiger partial charge in [-0.2, -0.15) is 0 Å². The van der Waals surface area contributed by atoms with E-state index in [0.29, 0.717) is 6.42 Å². The summed E-state index contributed by atoms with van der Waals surface area (Å²) in [5.41, 5.74) is -1.67. The number of rotatable bonds is 2. The fourth-order valence-corrected chi connectivity index (χ4v) is 4.35. The van der Waals surface area contributed by atoms with Crippen molar-refractivity contribution in [2.45, 2.75) is 76.3 Å². The van der Waals surface area contributed by atoms with Crippen LogP contribution in [0.2, 0.25) is 0 Å². The maximum Gasteiger partial charge on any atom is 0.334 e. The highest BCUT2D eigenvalue weighted by molar-refractivity contribution is 5.91. The largest absolute Gasteiger partial charge is 0.455 e. The number of hydrogen-bond donors (Lipinski definition) is 3. The van der Waals surface area contributed by atoms with Gasteiger partial charge in [0.05, 0.1) is 17.9 Å². The van der Waals surface area contributed by atoms with Gasteiger partial charge < -0.3 is 29.5 Å². The molecule has 0 aromatic carbocycles. The van der Waals surface area contributed by atoms with Crippen LogP contribution in [0.15, 0.2) is 12.2 Å². The van der Waals surface area contributed by atoms with E-state index >= 15 is 0 Å². The third-order valence-corrected chi connectivity index (χ3v) is 5.97. The summed E-state index contributed by atoms with van der Waals surface area (Å²) in [5, 5.41) is 33.1. The van der Waals surface area contributed by atoms with Crippen molar-refractivity contribution in [1.29, 1.82) is 0 Å². The second-order valence-electron chi connectivity index (χ2n) is 8.57. The molecule has 8 nitrogen and oxygen atoms in total. The molecule has 8 atom stereocenters. The zero-order chi connectivity index (χ0) is 20.3. The number of carbonyl (C=O) groups excluding carboxylic acids is 2. The van der Waals surface area contributed by atoms with Crippen molar-refractivity contribution in [3.8, 4) is 0 Å². The van der Waals surface area contributed by atoms with E-state index in [-0.39, 0.29) is 12.0 Å². The molecule has 8 heteroatoms. The normalized spacial score (nSPS) is 47.1. The Morgan fingerprint density at radius 2 is 2.00 bits per heavy atom. The molecule has 0 aliphatic carbocycles. The van der Waals surface area contributed by atoms with Gasteiger partial charge in [-0.3, -0.25) is 4.79 Å². The van der Waals surface area contributed by atoms with Crippen LogP contribution in [0.4, 0.5) is 0 Å². The quantitative estimate of drug-likeness (QED) is 0.458. The molecule has 27 heavy (non-hydrogen) atoms. The number of fused-ring (bicyclic) bond motifs is 3. The Morgan fingerprint density at radius 1 is 1.37 bits per heavy atom. The predicted molar refractivity (Wildman–Crippen MR) is 92.1 cm³/mol. The van der Waals surface area contributed by atoms with Crippen molar-refractivity contribution in [3.63, 3.8) is 0 Å². The summed E-state index contributed by atoms with van der Waals surface area (Å²) in [6.45, 7) is 10.2. The van der Waals surface area contributed by atoms with Crippen molar-refractivity contribution in [3.05, 3.63) is 12.2 Å². The summed E-state index contributed by atoms with van der Waals surface area (Å²) in [4.78, 5) is 24.4. The maximum absolute atomic E-state index is 12.3. The van der Waals surface area contributed by atoms with E-state index in [1.807, 2.05) is 0 Å². The van der Waals surface area contributed by atoms with Gasteiger partial charge in [-0.15, -0.1) is 0 Å².